The second-order valence-electron chi connectivity index (χ2n) is 6.63. The maximum Gasteiger partial charge on any atom is 0.261 e. The van der Waals surface area contributed by atoms with Gasteiger partial charge >= 0.3 is 0 Å². The maximum atomic E-state index is 12.8. The fourth-order valence-electron chi connectivity index (χ4n) is 2.97. The standard InChI is InChI=1S/C21H16ClN3O3S2/c1-13-8-16(22)11-25-21(13)30(27,28)17-4-2-14(3-5-17)10-24-20(26)18-9-15-6-7-23-12-19(15)29-18/h2-9,11-12H,10H2,1H3,(H,24,26). The van der Waals surface area contributed by atoms with Crippen molar-refractivity contribution >= 4 is 48.8 Å². The number of halogens is 1. The van der Waals surface area contributed by atoms with E-state index >= 15 is 0 Å². The number of carbonyl (C=O) groups is 1. The van der Waals surface area contributed by atoms with E-state index in [2.05, 4.69) is 15.3 Å². The number of aromatic nitrogens is 2. The molecule has 152 valence electrons. The largest absolute Gasteiger partial charge is 0.347 e. The molecule has 3 aromatic heterocycles. The van der Waals surface area contributed by atoms with Gasteiger partial charge in [0.1, 0.15) is 0 Å². The Labute approximate surface area is 182 Å². The molecule has 0 radical (unpaired) electrons. The molecule has 9 heteroatoms. The summed E-state index contributed by atoms with van der Waals surface area (Å²) in [5.41, 5.74) is 1.27. The number of aryl methyl sites for hydroxylation is 1. The van der Waals surface area contributed by atoms with Crippen LogP contribution in [0.25, 0.3) is 10.1 Å². The molecule has 3 heterocycles. The number of sulfone groups is 1. The third-order valence-corrected chi connectivity index (χ3v) is 7.61. The topological polar surface area (TPSA) is 89.0 Å². The monoisotopic (exact) mass is 457 g/mol. The molecule has 4 rings (SSSR count). The summed E-state index contributed by atoms with van der Waals surface area (Å²) in [5, 5.41) is 4.19. The zero-order chi connectivity index (χ0) is 21.3. The lowest BCUT2D eigenvalue weighted by Crippen LogP contribution is -2.21. The van der Waals surface area contributed by atoms with Crippen molar-refractivity contribution < 1.29 is 13.2 Å². The highest BCUT2D eigenvalue weighted by Gasteiger charge is 2.21. The van der Waals surface area contributed by atoms with E-state index in [1.807, 2.05) is 12.1 Å². The van der Waals surface area contributed by atoms with Crippen molar-refractivity contribution in [1.29, 1.82) is 0 Å². The molecular formula is C21H16ClN3O3S2. The molecule has 0 saturated carbocycles. The summed E-state index contributed by atoms with van der Waals surface area (Å²) in [6.45, 7) is 1.93. The van der Waals surface area contributed by atoms with Gasteiger partial charge in [0.25, 0.3) is 5.91 Å². The average Bonchev–Trinajstić information content (AvgIpc) is 3.16. The normalized spacial score (nSPS) is 11.5. The number of pyridine rings is 2. The van der Waals surface area contributed by atoms with Gasteiger partial charge in [-0.3, -0.25) is 9.78 Å². The van der Waals surface area contributed by atoms with Crippen LogP contribution in [0.5, 0.6) is 0 Å². The molecule has 6 nitrogen and oxygen atoms in total. The zero-order valence-electron chi connectivity index (χ0n) is 15.8. The van der Waals surface area contributed by atoms with Gasteiger partial charge in [-0.15, -0.1) is 11.3 Å². The van der Waals surface area contributed by atoms with E-state index in [4.69, 9.17) is 11.6 Å². The lowest BCUT2D eigenvalue weighted by atomic mass is 10.2. The fraction of sp³-hybridized carbons (Fsp3) is 0.0952. The van der Waals surface area contributed by atoms with Gasteiger partial charge < -0.3 is 5.32 Å². The number of nitrogens with one attached hydrogen (secondary N) is 1. The quantitative estimate of drug-likeness (QED) is 0.479. The van der Waals surface area contributed by atoms with Crippen molar-refractivity contribution in [1.82, 2.24) is 15.3 Å². The minimum Gasteiger partial charge on any atom is -0.347 e. The summed E-state index contributed by atoms with van der Waals surface area (Å²) in [6, 6.07) is 11.6. The van der Waals surface area contributed by atoms with Crippen molar-refractivity contribution in [2.24, 2.45) is 0 Å². The zero-order valence-corrected chi connectivity index (χ0v) is 18.2. The second-order valence-corrected chi connectivity index (χ2v) is 10.0. The highest BCUT2D eigenvalue weighted by atomic mass is 35.5. The first-order valence-corrected chi connectivity index (χ1v) is 11.6. The van der Waals surface area contributed by atoms with Crippen molar-refractivity contribution in [3.05, 3.63) is 82.1 Å². The van der Waals surface area contributed by atoms with Crippen LogP contribution in [0.15, 0.2) is 71.0 Å². The molecule has 0 bridgehead atoms. The van der Waals surface area contributed by atoms with Crippen LogP contribution in [0.4, 0.5) is 0 Å². The van der Waals surface area contributed by atoms with Crippen LogP contribution in [0.2, 0.25) is 5.02 Å². The molecule has 0 fully saturated rings. The minimum absolute atomic E-state index is 0.0211. The van der Waals surface area contributed by atoms with E-state index in [9.17, 15) is 13.2 Å². The SMILES string of the molecule is Cc1cc(Cl)cnc1S(=O)(=O)c1ccc(CNC(=O)c2cc3ccncc3s2)cc1. The van der Waals surface area contributed by atoms with Crippen molar-refractivity contribution in [3.8, 4) is 0 Å². The van der Waals surface area contributed by atoms with Crippen LogP contribution in [0.1, 0.15) is 20.8 Å². The molecule has 0 spiro atoms. The summed E-state index contributed by atoms with van der Waals surface area (Å²) in [7, 11) is -3.75. The highest BCUT2D eigenvalue weighted by Crippen LogP contribution is 2.25. The summed E-state index contributed by atoms with van der Waals surface area (Å²) in [4.78, 5) is 21.2. The second kappa shape index (κ2) is 8.14. The number of nitrogens with zero attached hydrogens (tertiary/aromatic N) is 2. The predicted molar refractivity (Wildman–Crippen MR) is 117 cm³/mol. The van der Waals surface area contributed by atoms with E-state index < -0.39 is 9.84 Å². The van der Waals surface area contributed by atoms with Crippen LogP contribution >= 0.6 is 22.9 Å². The first-order chi connectivity index (χ1) is 14.3. The number of amides is 1. The van der Waals surface area contributed by atoms with Gasteiger partial charge in [0.05, 0.1) is 19.5 Å². The molecule has 1 aromatic carbocycles. The predicted octanol–water partition coefficient (Wildman–Crippen LogP) is 4.42. The molecule has 0 saturated heterocycles. The lowest BCUT2D eigenvalue weighted by molar-refractivity contribution is 0.0955. The number of thiophene rings is 1. The van der Waals surface area contributed by atoms with Gasteiger partial charge in [-0.25, -0.2) is 13.4 Å². The Hall–Kier alpha value is -2.81. The van der Waals surface area contributed by atoms with Gasteiger partial charge in [0.15, 0.2) is 5.03 Å². The molecule has 1 amide bonds. The Bertz CT molecular complexity index is 1320. The Morgan fingerprint density at radius 3 is 2.60 bits per heavy atom. The first kappa shape index (κ1) is 20.5. The number of hydrogen-bond donors (Lipinski definition) is 1. The van der Waals surface area contributed by atoms with Crippen LogP contribution in [-0.4, -0.2) is 24.3 Å². The van der Waals surface area contributed by atoms with Crippen molar-refractivity contribution in [2.75, 3.05) is 0 Å². The molecule has 4 aromatic rings. The van der Waals surface area contributed by atoms with E-state index in [-0.39, 0.29) is 22.4 Å². The third kappa shape index (κ3) is 4.07. The Morgan fingerprint density at radius 2 is 1.90 bits per heavy atom. The lowest BCUT2D eigenvalue weighted by Gasteiger charge is -2.08. The smallest absolute Gasteiger partial charge is 0.261 e. The van der Waals surface area contributed by atoms with Gasteiger partial charge in [-0.1, -0.05) is 23.7 Å². The van der Waals surface area contributed by atoms with E-state index in [1.54, 1.807) is 37.5 Å². The number of benzene rings is 1. The Kier molecular flexibility index (Phi) is 5.55. The summed E-state index contributed by atoms with van der Waals surface area (Å²) in [6.07, 6.45) is 4.73. The van der Waals surface area contributed by atoms with Gasteiger partial charge in [0, 0.05) is 25.1 Å². The van der Waals surface area contributed by atoms with Crippen LogP contribution < -0.4 is 5.32 Å². The van der Waals surface area contributed by atoms with Gasteiger partial charge in [-0.2, -0.15) is 0 Å². The number of fused-ring (bicyclic) bond motifs is 1. The summed E-state index contributed by atoms with van der Waals surface area (Å²) >= 11 is 7.24. The van der Waals surface area contributed by atoms with Crippen molar-refractivity contribution in [2.45, 2.75) is 23.4 Å². The molecule has 0 atom stereocenters. The minimum atomic E-state index is -3.75. The van der Waals surface area contributed by atoms with E-state index in [0.29, 0.717) is 15.5 Å². The van der Waals surface area contributed by atoms with Gasteiger partial charge in [0.2, 0.25) is 9.84 Å². The van der Waals surface area contributed by atoms with E-state index in [0.717, 1.165) is 15.6 Å². The number of carbonyl (C=O) groups excluding carboxylic acids is 1. The Balaban J connectivity index is 1.47. The molecule has 0 aliphatic carbocycles. The van der Waals surface area contributed by atoms with Crippen LogP contribution in [0, 0.1) is 6.92 Å². The number of hydrogen-bond acceptors (Lipinski definition) is 6. The first-order valence-electron chi connectivity index (χ1n) is 8.92. The van der Waals surface area contributed by atoms with Gasteiger partial charge in [-0.05, 0) is 53.8 Å². The summed E-state index contributed by atoms with van der Waals surface area (Å²) < 4.78 is 26.6. The maximum absolute atomic E-state index is 12.8. The molecule has 0 aliphatic heterocycles. The van der Waals surface area contributed by atoms with Crippen molar-refractivity contribution in [3.63, 3.8) is 0 Å². The van der Waals surface area contributed by atoms with E-state index in [1.165, 1.54) is 29.7 Å². The molecule has 0 unspecified atom stereocenters. The van der Waals surface area contributed by atoms with Crippen LogP contribution in [-0.2, 0) is 16.4 Å². The fourth-order valence-corrected chi connectivity index (χ4v) is 5.52. The molecular weight excluding hydrogens is 442 g/mol. The third-order valence-electron chi connectivity index (χ3n) is 4.48. The molecule has 0 aliphatic rings. The highest BCUT2D eigenvalue weighted by molar-refractivity contribution is 7.91. The summed E-state index contributed by atoms with van der Waals surface area (Å²) in [5.74, 6) is -0.186. The molecule has 1 N–H and O–H groups in total. The molecule has 30 heavy (non-hydrogen) atoms. The number of rotatable bonds is 5. The van der Waals surface area contributed by atoms with Crippen LogP contribution in [0.3, 0.4) is 0 Å². The average molecular weight is 458 g/mol. The Morgan fingerprint density at radius 1 is 1.13 bits per heavy atom.